The van der Waals surface area contributed by atoms with Crippen molar-refractivity contribution >= 4 is 6.03 Å². The van der Waals surface area contributed by atoms with Crippen LogP contribution in [0.15, 0.2) is 0 Å². The quantitative estimate of drug-likeness (QED) is 0.805. The number of hydrogen-bond acceptors (Lipinski definition) is 2. The van der Waals surface area contributed by atoms with Crippen LogP contribution in [0.4, 0.5) is 4.79 Å². The van der Waals surface area contributed by atoms with Crippen LogP contribution >= 0.6 is 0 Å². The molecule has 3 atom stereocenters. The minimum atomic E-state index is 0.0375. The maximum Gasteiger partial charge on any atom is 0.317 e. The monoisotopic (exact) mass is 268 g/mol. The Morgan fingerprint density at radius 3 is 2.89 bits per heavy atom. The number of aliphatic hydroxyl groups is 1. The van der Waals surface area contributed by atoms with Gasteiger partial charge in [0.1, 0.15) is 0 Å². The number of urea groups is 1. The normalized spacial score (nSPS) is 30.8. The number of unbranched alkanes of at least 4 members (excludes halogenated alkanes) is 1. The number of hydrogen-bond donors (Lipinski definition) is 2. The summed E-state index contributed by atoms with van der Waals surface area (Å²) in [7, 11) is 0. The fourth-order valence-corrected chi connectivity index (χ4v) is 3.57. The summed E-state index contributed by atoms with van der Waals surface area (Å²) in [6.45, 7) is 3.11. The lowest BCUT2D eigenvalue weighted by molar-refractivity contribution is 0.152. The molecule has 0 aromatic rings. The van der Waals surface area contributed by atoms with Gasteiger partial charge in [0.25, 0.3) is 0 Å². The van der Waals surface area contributed by atoms with Crippen LogP contribution < -0.4 is 5.32 Å². The van der Waals surface area contributed by atoms with Gasteiger partial charge in [0, 0.05) is 12.6 Å². The maximum absolute atomic E-state index is 12.3. The topological polar surface area (TPSA) is 52.6 Å². The second-order valence-electron chi connectivity index (χ2n) is 6.06. The molecule has 4 nitrogen and oxygen atoms in total. The molecule has 0 spiro atoms. The van der Waals surface area contributed by atoms with Crippen molar-refractivity contribution in [1.29, 1.82) is 0 Å². The lowest BCUT2D eigenvalue weighted by Crippen LogP contribution is -2.48. The number of nitrogens with zero attached hydrogens (tertiary/aromatic N) is 1. The van der Waals surface area contributed by atoms with Gasteiger partial charge in [0.2, 0.25) is 0 Å². The van der Waals surface area contributed by atoms with Crippen LogP contribution in [0.2, 0.25) is 0 Å². The number of carbonyl (C=O) groups excluding carboxylic acids is 1. The second-order valence-corrected chi connectivity index (χ2v) is 6.06. The van der Waals surface area contributed by atoms with E-state index in [1.807, 2.05) is 4.90 Å². The van der Waals surface area contributed by atoms with E-state index in [1.165, 1.54) is 32.1 Å². The second kappa shape index (κ2) is 7.13. The Morgan fingerprint density at radius 1 is 1.32 bits per heavy atom. The molecule has 0 aromatic carbocycles. The Hall–Kier alpha value is -0.770. The highest BCUT2D eigenvalue weighted by Crippen LogP contribution is 2.30. The summed E-state index contributed by atoms with van der Waals surface area (Å²) in [5, 5.41) is 12.5. The Bertz CT molecular complexity index is 296. The Balaban J connectivity index is 1.83. The molecule has 4 heteroatoms. The molecule has 19 heavy (non-hydrogen) atoms. The zero-order valence-corrected chi connectivity index (χ0v) is 12.1. The van der Waals surface area contributed by atoms with Gasteiger partial charge in [-0.3, -0.25) is 0 Å². The van der Waals surface area contributed by atoms with Gasteiger partial charge in [0.15, 0.2) is 0 Å². The third-order valence-electron chi connectivity index (χ3n) is 4.75. The summed E-state index contributed by atoms with van der Waals surface area (Å²) < 4.78 is 0. The molecule has 0 aromatic heterocycles. The molecule has 2 N–H and O–H groups in total. The van der Waals surface area contributed by atoms with E-state index >= 15 is 0 Å². The predicted octanol–water partition coefficient (Wildman–Crippen LogP) is 2.51. The minimum Gasteiger partial charge on any atom is -0.394 e. The standard InChI is InChI=1S/C15H28N2O2/c1-2-3-6-12-7-4-9-14(12)16-15(19)17-10-5-8-13(17)11-18/h12-14,18H,2-11H2,1H3,(H,16,19). The van der Waals surface area contributed by atoms with Gasteiger partial charge in [-0.2, -0.15) is 0 Å². The van der Waals surface area contributed by atoms with E-state index in [0.29, 0.717) is 12.0 Å². The third-order valence-corrected chi connectivity index (χ3v) is 4.75. The van der Waals surface area contributed by atoms with Crippen LogP contribution in [0.25, 0.3) is 0 Å². The van der Waals surface area contributed by atoms with Crippen molar-refractivity contribution in [3.63, 3.8) is 0 Å². The van der Waals surface area contributed by atoms with Crippen molar-refractivity contribution in [3.8, 4) is 0 Å². The molecule has 1 saturated heterocycles. The molecule has 2 fully saturated rings. The van der Waals surface area contributed by atoms with Gasteiger partial charge < -0.3 is 15.3 Å². The summed E-state index contributed by atoms with van der Waals surface area (Å²) in [6.07, 6.45) is 9.31. The molecule has 0 bridgehead atoms. The molecular weight excluding hydrogens is 240 g/mol. The number of aliphatic hydroxyl groups excluding tert-OH is 1. The largest absolute Gasteiger partial charge is 0.394 e. The lowest BCUT2D eigenvalue weighted by atomic mass is 9.97. The van der Waals surface area contributed by atoms with Crippen LogP contribution in [-0.2, 0) is 0 Å². The average molecular weight is 268 g/mol. The Kier molecular flexibility index (Phi) is 5.49. The van der Waals surface area contributed by atoms with Crippen molar-refractivity contribution in [2.75, 3.05) is 13.2 Å². The summed E-state index contributed by atoms with van der Waals surface area (Å²) in [5.74, 6) is 0.666. The van der Waals surface area contributed by atoms with Gasteiger partial charge in [-0.25, -0.2) is 4.79 Å². The highest BCUT2D eigenvalue weighted by molar-refractivity contribution is 5.75. The molecule has 3 unspecified atom stereocenters. The average Bonchev–Trinajstić information content (AvgIpc) is 3.04. The van der Waals surface area contributed by atoms with E-state index in [9.17, 15) is 9.90 Å². The molecular formula is C15H28N2O2. The highest BCUT2D eigenvalue weighted by Gasteiger charge is 2.32. The molecule has 0 radical (unpaired) electrons. The molecule has 1 heterocycles. The van der Waals surface area contributed by atoms with Crippen LogP contribution in [0.3, 0.4) is 0 Å². The van der Waals surface area contributed by atoms with Crippen LogP contribution in [0.5, 0.6) is 0 Å². The van der Waals surface area contributed by atoms with Gasteiger partial charge in [-0.05, 0) is 38.0 Å². The predicted molar refractivity (Wildman–Crippen MR) is 76.0 cm³/mol. The fraction of sp³-hybridized carbons (Fsp3) is 0.933. The molecule has 110 valence electrons. The maximum atomic E-state index is 12.3. The first kappa shape index (κ1) is 14.6. The summed E-state index contributed by atoms with van der Waals surface area (Å²) >= 11 is 0. The van der Waals surface area contributed by atoms with Crippen molar-refractivity contribution in [3.05, 3.63) is 0 Å². The fourth-order valence-electron chi connectivity index (χ4n) is 3.57. The third kappa shape index (κ3) is 3.62. The lowest BCUT2D eigenvalue weighted by Gasteiger charge is -2.28. The number of rotatable bonds is 5. The first-order valence-corrected chi connectivity index (χ1v) is 7.94. The zero-order chi connectivity index (χ0) is 13.7. The summed E-state index contributed by atoms with van der Waals surface area (Å²) in [5.41, 5.74) is 0. The van der Waals surface area contributed by atoms with E-state index in [-0.39, 0.29) is 18.7 Å². The first-order chi connectivity index (χ1) is 9.26. The van der Waals surface area contributed by atoms with Crippen LogP contribution in [0.1, 0.15) is 58.3 Å². The van der Waals surface area contributed by atoms with Crippen molar-refractivity contribution in [1.82, 2.24) is 10.2 Å². The van der Waals surface area contributed by atoms with Gasteiger partial charge >= 0.3 is 6.03 Å². The summed E-state index contributed by atoms with van der Waals surface area (Å²) in [4.78, 5) is 14.1. The van der Waals surface area contributed by atoms with Crippen LogP contribution in [-0.4, -0.2) is 41.3 Å². The SMILES string of the molecule is CCCCC1CCCC1NC(=O)N1CCCC1CO. The number of carbonyl (C=O) groups is 1. The Labute approximate surface area is 116 Å². The number of nitrogens with one attached hydrogen (secondary N) is 1. The van der Waals surface area contributed by atoms with Gasteiger partial charge in [-0.1, -0.05) is 26.2 Å². The molecule has 1 aliphatic carbocycles. The van der Waals surface area contributed by atoms with Gasteiger partial charge in [0.05, 0.1) is 12.6 Å². The van der Waals surface area contributed by atoms with E-state index in [2.05, 4.69) is 12.2 Å². The molecule has 2 amide bonds. The van der Waals surface area contributed by atoms with E-state index < -0.39 is 0 Å². The van der Waals surface area contributed by atoms with Crippen molar-refractivity contribution in [2.24, 2.45) is 5.92 Å². The molecule has 1 saturated carbocycles. The zero-order valence-electron chi connectivity index (χ0n) is 12.1. The van der Waals surface area contributed by atoms with Crippen LogP contribution in [0, 0.1) is 5.92 Å². The van der Waals surface area contributed by atoms with Crippen molar-refractivity contribution in [2.45, 2.75) is 70.4 Å². The van der Waals surface area contributed by atoms with E-state index in [0.717, 1.165) is 25.8 Å². The molecule has 2 rings (SSSR count). The summed E-state index contributed by atoms with van der Waals surface area (Å²) in [6, 6.07) is 0.444. The number of likely N-dealkylation sites (tertiary alicyclic amines) is 1. The van der Waals surface area contributed by atoms with Crippen molar-refractivity contribution < 1.29 is 9.90 Å². The van der Waals surface area contributed by atoms with E-state index in [4.69, 9.17) is 0 Å². The van der Waals surface area contributed by atoms with Gasteiger partial charge in [-0.15, -0.1) is 0 Å². The molecule has 1 aliphatic heterocycles. The smallest absolute Gasteiger partial charge is 0.317 e. The highest BCUT2D eigenvalue weighted by atomic mass is 16.3. The molecule has 2 aliphatic rings. The van der Waals surface area contributed by atoms with E-state index in [1.54, 1.807) is 0 Å². The minimum absolute atomic E-state index is 0.0375. The Morgan fingerprint density at radius 2 is 2.16 bits per heavy atom. The number of amides is 2. The first-order valence-electron chi connectivity index (χ1n) is 7.94.